The predicted molar refractivity (Wildman–Crippen MR) is 92.6 cm³/mol. The molecule has 116 valence electrons. The number of benzene rings is 2. The molecule has 1 aliphatic rings. The standard InChI is InChI=1S/C20H26N2/c1-21-19-13-8-14-20(19)22(15-17-9-4-2-5-10-17)16-18-11-6-3-7-12-18/h2-7,9-12,19-21H,8,13-16H2,1H3/t19-,20-/m0/s1. The smallest absolute Gasteiger partial charge is 0.0256 e. The first-order chi connectivity index (χ1) is 10.9. The van der Waals surface area contributed by atoms with Crippen molar-refractivity contribution in [2.24, 2.45) is 0 Å². The molecule has 1 saturated carbocycles. The van der Waals surface area contributed by atoms with E-state index >= 15 is 0 Å². The Morgan fingerprint density at radius 3 is 1.91 bits per heavy atom. The molecule has 3 rings (SSSR count). The average Bonchev–Trinajstić information content (AvgIpc) is 3.05. The first-order valence-electron chi connectivity index (χ1n) is 8.36. The van der Waals surface area contributed by atoms with Gasteiger partial charge in [0.15, 0.2) is 0 Å². The first kappa shape index (κ1) is 15.3. The maximum absolute atomic E-state index is 3.52. The van der Waals surface area contributed by atoms with Gasteiger partial charge in [-0.15, -0.1) is 0 Å². The van der Waals surface area contributed by atoms with Gasteiger partial charge in [-0.05, 0) is 31.0 Å². The van der Waals surface area contributed by atoms with E-state index in [0.717, 1.165) is 13.1 Å². The van der Waals surface area contributed by atoms with E-state index in [2.05, 4.69) is 77.9 Å². The van der Waals surface area contributed by atoms with Gasteiger partial charge in [0.05, 0.1) is 0 Å². The van der Waals surface area contributed by atoms with Crippen LogP contribution in [-0.2, 0) is 13.1 Å². The molecule has 2 nitrogen and oxygen atoms in total. The second kappa shape index (κ2) is 7.57. The first-order valence-corrected chi connectivity index (χ1v) is 8.36. The largest absolute Gasteiger partial charge is 0.315 e. The number of likely N-dealkylation sites (N-methyl/N-ethyl adjacent to an activating group) is 1. The highest BCUT2D eigenvalue weighted by molar-refractivity contribution is 5.17. The summed E-state index contributed by atoms with van der Waals surface area (Å²) in [7, 11) is 2.10. The third-order valence-electron chi connectivity index (χ3n) is 4.78. The molecule has 0 spiro atoms. The number of rotatable bonds is 6. The van der Waals surface area contributed by atoms with Crippen LogP contribution in [0.4, 0.5) is 0 Å². The second-order valence-corrected chi connectivity index (χ2v) is 6.27. The van der Waals surface area contributed by atoms with Crippen molar-refractivity contribution in [1.82, 2.24) is 10.2 Å². The van der Waals surface area contributed by atoms with Gasteiger partial charge in [-0.3, -0.25) is 4.90 Å². The van der Waals surface area contributed by atoms with Crippen molar-refractivity contribution in [3.05, 3.63) is 71.8 Å². The number of hydrogen-bond acceptors (Lipinski definition) is 2. The fourth-order valence-corrected chi connectivity index (χ4v) is 3.64. The van der Waals surface area contributed by atoms with Crippen LogP contribution in [0.3, 0.4) is 0 Å². The zero-order valence-electron chi connectivity index (χ0n) is 13.4. The van der Waals surface area contributed by atoms with Crippen LogP contribution >= 0.6 is 0 Å². The van der Waals surface area contributed by atoms with Crippen molar-refractivity contribution < 1.29 is 0 Å². The van der Waals surface area contributed by atoms with Crippen LogP contribution < -0.4 is 5.32 Å². The van der Waals surface area contributed by atoms with Crippen LogP contribution in [0, 0.1) is 0 Å². The SMILES string of the molecule is CN[C@H]1CCC[C@@H]1N(Cc1ccccc1)Cc1ccccc1. The molecule has 0 heterocycles. The summed E-state index contributed by atoms with van der Waals surface area (Å²) >= 11 is 0. The Balaban J connectivity index is 1.78. The number of hydrogen-bond donors (Lipinski definition) is 1. The molecule has 0 radical (unpaired) electrons. The number of nitrogens with one attached hydrogen (secondary N) is 1. The summed E-state index contributed by atoms with van der Waals surface area (Å²) < 4.78 is 0. The molecule has 1 fully saturated rings. The number of nitrogens with zero attached hydrogens (tertiary/aromatic N) is 1. The van der Waals surface area contributed by atoms with Gasteiger partial charge in [0.25, 0.3) is 0 Å². The van der Waals surface area contributed by atoms with Gasteiger partial charge < -0.3 is 5.32 Å². The topological polar surface area (TPSA) is 15.3 Å². The van der Waals surface area contributed by atoms with Crippen LogP contribution in [0.1, 0.15) is 30.4 Å². The van der Waals surface area contributed by atoms with E-state index in [4.69, 9.17) is 0 Å². The summed E-state index contributed by atoms with van der Waals surface area (Å²) in [6.45, 7) is 2.05. The molecule has 2 aromatic carbocycles. The lowest BCUT2D eigenvalue weighted by molar-refractivity contribution is 0.158. The molecular formula is C20H26N2. The van der Waals surface area contributed by atoms with Gasteiger partial charge in [0, 0.05) is 25.2 Å². The molecule has 1 N–H and O–H groups in total. The zero-order chi connectivity index (χ0) is 15.2. The van der Waals surface area contributed by atoms with Crippen LogP contribution in [0.15, 0.2) is 60.7 Å². The summed E-state index contributed by atoms with van der Waals surface area (Å²) in [6, 6.07) is 22.9. The molecule has 22 heavy (non-hydrogen) atoms. The van der Waals surface area contributed by atoms with Gasteiger partial charge in [-0.2, -0.15) is 0 Å². The molecule has 2 atom stereocenters. The van der Waals surface area contributed by atoms with E-state index in [0.29, 0.717) is 12.1 Å². The Morgan fingerprint density at radius 2 is 1.41 bits per heavy atom. The molecule has 0 bridgehead atoms. The Kier molecular flexibility index (Phi) is 5.25. The summed E-state index contributed by atoms with van der Waals surface area (Å²) in [5, 5.41) is 3.52. The molecule has 0 aromatic heterocycles. The summed E-state index contributed by atoms with van der Waals surface area (Å²) in [6.07, 6.45) is 3.92. The Hall–Kier alpha value is -1.64. The lowest BCUT2D eigenvalue weighted by Gasteiger charge is -2.33. The van der Waals surface area contributed by atoms with Crippen molar-refractivity contribution in [1.29, 1.82) is 0 Å². The molecule has 2 aromatic rings. The molecule has 0 saturated heterocycles. The summed E-state index contributed by atoms with van der Waals surface area (Å²) in [5.74, 6) is 0. The highest BCUT2D eigenvalue weighted by atomic mass is 15.2. The van der Waals surface area contributed by atoms with Crippen molar-refractivity contribution in [2.45, 2.75) is 44.4 Å². The lowest BCUT2D eigenvalue weighted by atomic mass is 10.1. The monoisotopic (exact) mass is 294 g/mol. The van der Waals surface area contributed by atoms with E-state index in [-0.39, 0.29) is 0 Å². The third kappa shape index (κ3) is 3.76. The maximum atomic E-state index is 3.52. The van der Waals surface area contributed by atoms with Gasteiger partial charge in [-0.25, -0.2) is 0 Å². The average molecular weight is 294 g/mol. The fraction of sp³-hybridized carbons (Fsp3) is 0.400. The second-order valence-electron chi connectivity index (χ2n) is 6.27. The predicted octanol–water partition coefficient (Wildman–Crippen LogP) is 3.83. The highest BCUT2D eigenvalue weighted by Crippen LogP contribution is 2.27. The van der Waals surface area contributed by atoms with Crippen LogP contribution in [0.2, 0.25) is 0 Å². The van der Waals surface area contributed by atoms with Crippen molar-refractivity contribution >= 4 is 0 Å². The van der Waals surface area contributed by atoms with Crippen LogP contribution in [0.25, 0.3) is 0 Å². The Morgan fingerprint density at radius 1 is 0.864 bits per heavy atom. The van der Waals surface area contributed by atoms with Crippen molar-refractivity contribution in [3.8, 4) is 0 Å². The van der Waals surface area contributed by atoms with Crippen LogP contribution in [-0.4, -0.2) is 24.0 Å². The van der Waals surface area contributed by atoms with E-state index in [9.17, 15) is 0 Å². The van der Waals surface area contributed by atoms with Crippen LogP contribution in [0.5, 0.6) is 0 Å². The molecule has 0 aliphatic heterocycles. The minimum Gasteiger partial charge on any atom is -0.315 e. The summed E-state index contributed by atoms with van der Waals surface area (Å²) in [4.78, 5) is 2.65. The quantitative estimate of drug-likeness (QED) is 0.871. The molecule has 1 aliphatic carbocycles. The van der Waals surface area contributed by atoms with E-state index < -0.39 is 0 Å². The van der Waals surface area contributed by atoms with Crippen molar-refractivity contribution in [2.75, 3.05) is 7.05 Å². The van der Waals surface area contributed by atoms with E-state index in [1.54, 1.807) is 0 Å². The lowest BCUT2D eigenvalue weighted by Crippen LogP contribution is -2.45. The summed E-state index contributed by atoms with van der Waals surface area (Å²) in [5.41, 5.74) is 2.81. The zero-order valence-corrected chi connectivity index (χ0v) is 13.4. The normalized spacial score (nSPS) is 21.4. The fourth-order valence-electron chi connectivity index (χ4n) is 3.64. The Bertz CT molecular complexity index is 511. The molecule has 0 amide bonds. The minimum atomic E-state index is 0.618. The van der Waals surface area contributed by atoms with Gasteiger partial charge in [-0.1, -0.05) is 67.1 Å². The Labute approximate surface area is 134 Å². The van der Waals surface area contributed by atoms with E-state index in [1.807, 2.05) is 0 Å². The third-order valence-corrected chi connectivity index (χ3v) is 4.78. The highest BCUT2D eigenvalue weighted by Gasteiger charge is 2.31. The van der Waals surface area contributed by atoms with Gasteiger partial charge in [0.2, 0.25) is 0 Å². The maximum Gasteiger partial charge on any atom is 0.0256 e. The van der Waals surface area contributed by atoms with Crippen molar-refractivity contribution in [3.63, 3.8) is 0 Å². The minimum absolute atomic E-state index is 0.618. The van der Waals surface area contributed by atoms with Gasteiger partial charge in [0.1, 0.15) is 0 Å². The van der Waals surface area contributed by atoms with Gasteiger partial charge >= 0.3 is 0 Å². The molecule has 0 unspecified atom stereocenters. The van der Waals surface area contributed by atoms with E-state index in [1.165, 1.54) is 30.4 Å². The molecule has 2 heteroatoms. The molecular weight excluding hydrogens is 268 g/mol.